The molecule has 1 aliphatic heterocycles. The van der Waals surface area contributed by atoms with Crippen LogP contribution in [0.25, 0.3) is 0 Å². The van der Waals surface area contributed by atoms with Crippen molar-refractivity contribution < 1.29 is 4.79 Å². The van der Waals surface area contributed by atoms with Crippen molar-refractivity contribution in [2.45, 2.75) is 12.5 Å². The fourth-order valence-electron chi connectivity index (χ4n) is 1.62. The van der Waals surface area contributed by atoms with E-state index in [-0.39, 0.29) is 11.9 Å². The van der Waals surface area contributed by atoms with Gasteiger partial charge in [0.05, 0.1) is 0 Å². The molecule has 16 heavy (non-hydrogen) atoms. The first kappa shape index (κ1) is 11.4. The molecule has 1 aromatic carbocycles. The number of aliphatic imine (C=N–C) groups is 1. The molecule has 6 heteroatoms. The lowest BCUT2D eigenvalue weighted by atomic mass is 9.92. The highest BCUT2D eigenvalue weighted by molar-refractivity contribution is 9.10. The summed E-state index contributed by atoms with van der Waals surface area (Å²) in [4.78, 5) is 15.9. The van der Waals surface area contributed by atoms with Gasteiger partial charge in [-0.3, -0.25) is 10.1 Å². The number of nitrogens with zero attached hydrogens (tertiary/aromatic N) is 1. The van der Waals surface area contributed by atoms with Gasteiger partial charge in [-0.2, -0.15) is 0 Å². The van der Waals surface area contributed by atoms with Crippen molar-refractivity contribution >= 4 is 39.4 Å². The van der Waals surface area contributed by atoms with Crippen LogP contribution in [0.1, 0.15) is 12.5 Å². The molecular weight excluding hydrogens is 293 g/mol. The fraction of sp³-hybridized carbons (Fsp3) is 0.200. The van der Waals surface area contributed by atoms with Crippen molar-refractivity contribution in [1.29, 1.82) is 0 Å². The molecule has 0 saturated carbocycles. The number of halogens is 2. The number of carbonyl (C=O) groups excluding carboxylic acids is 1. The second-order valence-corrected chi connectivity index (χ2v) is 4.97. The summed E-state index contributed by atoms with van der Waals surface area (Å²) in [5.74, 6) is -0.152. The molecule has 1 amide bonds. The number of benzene rings is 1. The predicted octanol–water partition coefficient (Wildman–Crippen LogP) is 1.76. The van der Waals surface area contributed by atoms with Gasteiger partial charge >= 0.3 is 0 Å². The van der Waals surface area contributed by atoms with E-state index in [9.17, 15) is 4.79 Å². The van der Waals surface area contributed by atoms with E-state index < -0.39 is 5.54 Å². The van der Waals surface area contributed by atoms with Crippen molar-refractivity contribution in [2.24, 2.45) is 10.7 Å². The molecular formula is C10H9BrClN3O. The smallest absolute Gasteiger partial charge is 0.259 e. The number of carbonyl (C=O) groups is 1. The lowest BCUT2D eigenvalue weighted by Gasteiger charge is -2.19. The Hall–Kier alpha value is -1.07. The van der Waals surface area contributed by atoms with Crippen molar-refractivity contribution in [3.05, 3.63) is 33.3 Å². The minimum atomic E-state index is -1.04. The molecule has 2 rings (SSSR count). The number of rotatable bonds is 1. The van der Waals surface area contributed by atoms with E-state index in [0.29, 0.717) is 10.6 Å². The minimum Gasteiger partial charge on any atom is -0.370 e. The molecule has 1 heterocycles. The third-order valence-corrected chi connectivity index (χ3v) is 3.29. The van der Waals surface area contributed by atoms with Crippen LogP contribution in [0.3, 0.4) is 0 Å². The SMILES string of the molecule is CC1(c2ccc(Br)cc2Cl)N=C(N)NC1=O. The Balaban J connectivity index is 2.56. The summed E-state index contributed by atoms with van der Waals surface area (Å²) in [5, 5.41) is 2.94. The van der Waals surface area contributed by atoms with Crippen LogP contribution >= 0.6 is 27.5 Å². The third kappa shape index (κ3) is 1.70. The third-order valence-electron chi connectivity index (χ3n) is 2.48. The van der Waals surface area contributed by atoms with Gasteiger partial charge in [0.1, 0.15) is 0 Å². The minimum absolute atomic E-state index is 0.117. The van der Waals surface area contributed by atoms with Crippen LogP contribution in [-0.4, -0.2) is 11.9 Å². The molecule has 0 saturated heterocycles. The van der Waals surface area contributed by atoms with E-state index in [2.05, 4.69) is 26.2 Å². The van der Waals surface area contributed by atoms with E-state index in [4.69, 9.17) is 17.3 Å². The second kappa shape index (κ2) is 3.75. The number of hydrogen-bond donors (Lipinski definition) is 2. The van der Waals surface area contributed by atoms with E-state index in [0.717, 1.165) is 4.47 Å². The van der Waals surface area contributed by atoms with E-state index >= 15 is 0 Å². The molecule has 0 aromatic heterocycles. The second-order valence-electron chi connectivity index (χ2n) is 3.65. The molecule has 3 N–H and O–H groups in total. The standard InChI is InChI=1S/C10H9BrClN3O/c1-10(8(16)14-9(13)15-10)6-3-2-5(11)4-7(6)12/h2-4H,1H3,(H3,13,14,15,16). The number of guanidine groups is 1. The predicted molar refractivity (Wildman–Crippen MR) is 66.3 cm³/mol. The Morgan fingerprint density at radius 3 is 2.75 bits per heavy atom. The highest BCUT2D eigenvalue weighted by Gasteiger charge is 2.41. The van der Waals surface area contributed by atoms with Crippen LogP contribution in [-0.2, 0) is 10.3 Å². The highest BCUT2D eigenvalue weighted by atomic mass is 79.9. The molecule has 84 valence electrons. The normalized spacial score (nSPS) is 24.2. The average Bonchev–Trinajstić information content (AvgIpc) is 2.40. The largest absolute Gasteiger partial charge is 0.370 e. The molecule has 0 bridgehead atoms. The zero-order chi connectivity index (χ0) is 11.9. The molecule has 1 unspecified atom stereocenters. The van der Waals surface area contributed by atoms with Crippen LogP contribution in [0.2, 0.25) is 5.02 Å². The van der Waals surface area contributed by atoms with E-state index in [1.54, 1.807) is 19.1 Å². The number of nitrogens with one attached hydrogen (secondary N) is 1. The molecule has 0 fully saturated rings. The Morgan fingerprint density at radius 1 is 1.56 bits per heavy atom. The molecule has 0 aliphatic carbocycles. The monoisotopic (exact) mass is 301 g/mol. The zero-order valence-corrected chi connectivity index (χ0v) is 10.8. The molecule has 0 spiro atoms. The van der Waals surface area contributed by atoms with Gasteiger partial charge in [0.15, 0.2) is 11.5 Å². The van der Waals surface area contributed by atoms with Crippen molar-refractivity contribution in [3.63, 3.8) is 0 Å². The highest BCUT2D eigenvalue weighted by Crippen LogP contribution is 2.35. The average molecular weight is 303 g/mol. The summed E-state index contributed by atoms with van der Waals surface area (Å²) >= 11 is 9.40. The first-order chi connectivity index (χ1) is 7.43. The number of amides is 1. The molecule has 1 aromatic rings. The van der Waals surface area contributed by atoms with Crippen LogP contribution in [0.15, 0.2) is 27.7 Å². The van der Waals surface area contributed by atoms with Crippen molar-refractivity contribution in [3.8, 4) is 0 Å². The number of nitrogens with two attached hydrogens (primary N) is 1. The van der Waals surface area contributed by atoms with Gasteiger partial charge in [-0.15, -0.1) is 0 Å². The maximum absolute atomic E-state index is 11.8. The van der Waals surface area contributed by atoms with Gasteiger partial charge in [0.25, 0.3) is 5.91 Å². The van der Waals surface area contributed by atoms with Crippen LogP contribution < -0.4 is 11.1 Å². The quantitative estimate of drug-likeness (QED) is 0.830. The topological polar surface area (TPSA) is 67.5 Å². The maximum atomic E-state index is 11.8. The van der Waals surface area contributed by atoms with Crippen molar-refractivity contribution in [1.82, 2.24) is 5.32 Å². The summed E-state index contributed by atoms with van der Waals surface area (Å²) in [5.41, 5.74) is 5.08. The van der Waals surface area contributed by atoms with Gasteiger partial charge in [0.2, 0.25) is 0 Å². The Morgan fingerprint density at radius 2 is 2.25 bits per heavy atom. The Labute approximate surface area is 106 Å². The fourth-order valence-corrected chi connectivity index (χ4v) is 2.48. The zero-order valence-electron chi connectivity index (χ0n) is 8.42. The summed E-state index contributed by atoms with van der Waals surface area (Å²) in [6.45, 7) is 1.68. The summed E-state index contributed by atoms with van der Waals surface area (Å²) in [7, 11) is 0. The summed E-state index contributed by atoms with van der Waals surface area (Å²) in [6, 6.07) is 5.29. The molecule has 1 atom stereocenters. The number of hydrogen-bond acceptors (Lipinski definition) is 3. The van der Waals surface area contributed by atoms with Gasteiger partial charge < -0.3 is 5.73 Å². The molecule has 4 nitrogen and oxygen atoms in total. The van der Waals surface area contributed by atoms with Gasteiger partial charge in [-0.05, 0) is 19.1 Å². The van der Waals surface area contributed by atoms with Crippen molar-refractivity contribution in [2.75, 3.05) is 0 Å². The van der Waals surface area contributed by atoms with Gasteiger partial charge in [0, 0.05) is 15.1 Å². The summed E-state index contributed by atoms with van der Waals surface area (Å²) < 4.78 is 0.847. The van der Waals surface area contributed by atoms with Gasteiger partial charge in [-0.1, -0.05) is 33.6 Å². The molecule has 0 radical (unpaired) electrons. The summed E-state index contributed by atoms with van der Waals surface area (Å²) in [6.07, 6.45) is 0. The van der Waals surface area contributed by atoms with Gasteiger partial charge in [-0.25, -0.2) is 4.99 Å². The van der Waals surface area contributed by atoms with E-state index in [1.165, 1.54) is 0 Å². The first-order valence-electron chi connectivity index (χ1n) is 4.56. The Kier molecular flexibility index (Phi) is 2.67. The van der Waals surface area contributed by atoms with E-state index in [1.807, 2.05) is 6.07 Å². The Bertz CT molecular complexity index is 503. The first-order valence-corrected chi connectivity index (χ1v) is 5.73. The van der Waals surface area contributed by atoms with Crippen LogP contribution in [0, 0.1) is 0 Å². The van der Waals surface area contributed by atoms with Crippen LogP contribution in [0.5, 0.6) is 0 Å². The lowest BCUT2D eigenvalue weighted by molar-refractivity contribution is -0.123. The molecule has 1 aliphatic rings. The lowest BCUT2D eigenvalue weighted by Crippen LogP contribution is -2.37. The maximum Gasteiger partial charge on any atom is 0.259 e. The van der Waals surface area contributed by atoms with Crippen LogP contribution in [0.4, 0.5) is 0 Å².